The van der Waals surface area contributed by atoms with E-state index >= 15 is 0 Å². The van der Waals surface area contributed by atoms with Gasteiger partial charge in [-0.3, -0.25) is 4.79 Å². The number of benzene rings is 2. The van der Waals surface area contributed by atoms with E-state index in [1.165, 1.54) is 28.6 Å². The normalized spacial score (nSPS) is 18.0. The molecule has 0 bridgehead atoms. The van der Waals surface area contributed by atoms with Crippen molar-refractivity contribution in [1.82, 2.24) is 14.8 Å². The lowest BCUT2D eigenvalue weighted by molar-refractivity contribution is -0.122. The van der Waals surface area contributed by atoms with E-state index in [2.05, 4.69) is 39.2 Å². The summed E-state index contributed by atoms with van der Waals surface area (Å²) in [5.41, 5.74) is 3.38. The molecule has 0 saturated carbocycles. The number of carbonyl (C=O) groups is 1. The maximum Gasteiger partial charge on any atom is 0.224 e. The van der Waals surface area contributed by atoms with Crippen LogP contribution in [0, 0.1) is 5.82 Å². The Kier molecular flexibility index (Phi) is 7.23. The lowest BCUT2D eigenvalue weighted by atomic mass is 10.0. The van der Waals surface area contributed by atoms with Gasteiger partial charge in [0.05, 0.1) is 26.2 Å². The molecule has 2 aromatic carbocycles. The molecule has 0 spiro atoms. The molecule has 0 aliphatic carbocycles. The Morgan fingerprint density at radius 2 is 1.74 bits per heavy atom. The van der Waals surface area contributed by atoms with Gasteiger partial charge in [-0.2, -0.15) is 0 Å². The van der Waals surface area contributed by atoms with Crippen molar-refractivity contribution in [2.24, 2.45) is 0 Å². The zero-order valence-corrected chi connectivity index (χ0v) is 19.4. The quantitative estimate of drug-likeness (QED) is 0.551. The highest BCUT2D eigenvalue weighted by atomic mass is 19.1. The molecule has 0 atom stereocenters. The largest absolute Gasteiger partial charge is 0.351 e. The molecule has 0 radical (unpaired) electrons. The molecular weight excluding hydrogens is 433 g/mol. The van der Waals surface area contributed by atoms with E-state index in [0.29, 0.717) is 32.2 Å². The van der Waals surface area contributed by atoms with Crippen molar-refractivity contribution in [3.05, 3.63) is 71.7 Å². The lowest BCUT2D eigenvalue weighted by Gasteiger charge is -2.33. The van der Waals surface area contributed by atoms with E-state index in [1.54, 1.807) is 0 Å². The minimum atomic E-state index is -0.329. The topological polar surface area (TPSA) is 55.7 Å². The second-order valence-electron chi connectivity index (χ2n) is 9.22. The standard InChI is InChI=1S/C27H32FN3O3/c28-23-5-2-20(3-6-23)7-11-30-12-9-24(10-13-30)31-14-8-22-4-1-21(17-25(22)31)18-26(32)29-19-27-33-15-16-34-27/h1-6,8,14,17,24,27H,7,9-13,15-16,18-19H2,(H,29,32). The van der Waals surface area contributed by atoms with Crippen molar-refractivity contribution in [2.45, 2.75) is 38.0 Å². The van der Waals surface area contributed by atoms with Crippen LogP contribution in [0.5, 0.6) is 0 Å². The molecule has 3 heterocycles. The molecule has 3 aromatic rings. The van der Waals surface area contributed by atoms with Crippen LogP contribution in [0.2, 0.25) is 0 Å². The van der Waals surface area contributed by atoms with Gasteiger partial charge in [0.25, 0.3) is 0 Å². The summed E-state index contributed by atoms with van der Waals surface area (Å²) in [6, 6.07) is 15.7. The molecule has 0 unspecified atom stereocenters. The van der Waals surface area contributed by atoms with Crippen LogP contribution in [0.1, 0.15) is 30.0 Å². The van der Waals surface area contributed by atoms with Crippen LogP contribution < -0.4 is 5.32 Å². The summed E-state index contributed by atoms with van der Waals surface area (Å²) in [5, 5.41) is 4.11. The second kappa shape index (κ2) is 10.7. The van der Waals surface area contributed by atoms with Gasteiger partial charge in [-0.1, -0.05) is 24.3 Å². The number of nitrogens with zero attached hydrogens (tertiary/aromatic N) is 2. The average Bonchev–Trinajstić information content (AvgIpc) is 3.53. The third kappa shape index (κ3) is 5.66. The smallest absolute Gasteiger partial charge is 0.224 e. The number of carbonyl (C=O) groups excluding carboxylic acids is 1. The van der Waals surface area contributed by atoms with Crippen molar-refractivity contribution in [1.29, 1.82) is 0 Å². The monoisotopic (exact) mass is 465 g/mol. The van der Waals surface area contributed by atoms with E-state index in [0.717, 1.165) is 44.5 Å². The number of piperidine rings is 1. The molecule has 1 aromatic heterocycles. The summed E-state index contributed by atoms with van der Waals surface area (Å²) in [7, 11) is 0. The first-order valence-corrected chi connectivity index (χ1v) is 12.2. The second-order valence-corrected chi connectivity index (χ2v) is 9.22. The van der Waals surface area contributed by atoms with E-state index in [-0.39, 0.29) is 18.0 Å². The van der Waals surface area contributed by atoms with Crippen LogP contribution in [-0.4, -0.2) is 61.1 Å². The van der Waals surface area contributed by atoms with Gasteiger partial charge in [0.1, 0.15) is 5.82 Å². The molecular formula is C27H32FN3O3. The van der Waals surface area contributed by atoms with Crippen LogP contribution in [0.4, 0.5) is 4.39 Å². The molecule has 2 aliphatic rings. The maximum absolute atomic E-state index is 13.1. The zero-order chi connectivity index (χ0) is 23.3. The lowest BCUT2D eigenvalue weighted by Crippen LogP contribution is -2.35. The number of rotatable bonds is 8. The molecule has 7 heteroatoms. The third-order valence-corrected chi connectivity index (χ3v) is 6.89. The number of likely N-dealkylation sites (tertiary alicyclic amines) is 1. The Labute approximate surface area is 199 Å². The van der Waals surface area contributed by atoms with Crippen molar-refractivity contribution >= 4 is 16.8 Å². The molecule has 1 amide bonds. The van der Waals surface area contributed by atoms with E-state index < -0.39 is 0 Å². The maximum atomic E-state index is 13.1. The summed E-state index contributed by atoms with van der Waals surface area (Å²) < 4.78 is 26.2. The minimum absolute atomic E-state index is 0.0222. The zero-order valence-electron chi connectivity index (χ0n) is 19.4. The Bertz CT molecular complexity index is 1100. The van der Waals surface area contributed by atoms with Gasteiger partial charge >= 0.3 is 0 Å². The van der Waals surface area contributed by atoms with Gasteiger partial charge in [-0.05, 0) is 60.0 Å². The number of aromatic nitrogens is 1. The number of nitrogens with one attached hydrogen (secondary N) is 1. The Morgan fingerprint density at radius 3 is 2.50 bits per heavy atom. The van der Waals surface area contributed by atoms with E-state index in [9.17, 15) is 9.18 Å². The summed E-state index contributed by atoms with van der Waals surface area (Å²) in [5.74, 6) is -0.202. The first-order chi connectivity index (χ1) is 16.6. The number of fused-ring (bicyclic) bond motifs is 1. The summed E-state index contributed by atoms with van der Waals surface area (Å²) in [6.45, 7) is 4.67. The van der Waals surface area contributed by atoms with Crippen LogP contribution in [0.25, 0.3) is 10.9 Å². The van der Waals surface area contributed by atoms with Gasteiger partial charge in [0.2, 0.25) is 5.91 Å². The molecule has 6 nitrogen and oxygen atoms in total. The molecule has 34 heavy (non-hydrogen) atoms. The highest BCUT2D eigenvalue weighted by Crippen LogP contribution is 2.28. The van der Waals surface area contributed by atoms with Crippen LogP contribution in [0.15, 0.2) is 54.7 Å². The van der Waals surface area contributed by atoms with Crippen LogP contribution in [-0.2, 0) is 27.1 Å². The SMILES string of the molecule is O=C(Cc1ccc2ccn(C3CCN(CCc4ccc(F)cc4)CC3)c2c1)NCC1OCCO1. The van der Waals surface area contributed by atoms with Gasteiger partial charge < -0.3 is 24.3 Å². The number of ether oxygens (including phenoxy) is 2. The van der Waals surface area contributed by atoms with Crippen molar-refractivity contribution in [3.63, 3.8) is 0 Å². The number of hydrogen-bond donors (Lipinski definition) is 1. The predicted octanol–water partition coefficient (Wildman–Crippen LogP) is 3.69. The summed E-state index contributed by atoms with van der Waals surface area (Å²) >= 11 is 0. The Hall–Kier alpha value is -2.74. The Morgan fingerprint density at radius 1 is 1.00 bits per heavy atom. The third-order valence-electron chi connectivity index (χ3n) is 6.89. The number of amides is 1. The fraction of sp³-hybridized carbons (Fsp3) is 0.444. The first-order valence-electron chi connectivity index (χ1n) is 12.2. The van der Waals surface area contributed by atoms with E-state index in [4.69, 9.17) is 9.47 Å². The molecule has 180 valence electrons. The van der Waals surface area contributed by atoms with E-state index in [1.807, 2.05) is 18.2 Å². The fourth-order valence-electron chi connectivity index (χ4n) is 4.95. The molecule has 2 aliphatic heterocycles. The van der Waals surface area contributed by atoms with Gasteiger partial charge in [0.15, 0.2) is 6.29 Å². The van der Waals surface area contributed by atoms with Crippen molar-refractivity contribution in [3.8, 4) is 0 Å². The first kappa shape index (κ1) is 23.0. The van der Waals surface area contributed by atoms with Gasteiger partial charge in [0, 0.05) is 37.4 Å². The highest BCUT2D eigenvalue weighted by Gasteiger charge is 2.22. The summed E-state index contributed by atoms with van der Waals surface area (Å²) in [4.78, 5) is 14.9. The summed E-state index contributed by atoms with van der Waals surface area (Å²) in [6.07, 6.45) is 5.34. The minimum Gasteiger partial charge on any atom is -0.351 e. The molecule has 2 saturated heterocycles. The molecule has 1 N–H and O–H groups in total. The Balaban J connectivity index is 1.15. The number of hydrogen-bond acceptors (Lipinski definition) is 4. The molecule has 2 fully saturated rings. The predicted molar refractivity (Wildman–Crippen MR) is 129 cm³/mol. The highest BCUT2D eigenvalue weighted by molar-refractivity contribution is 5.84. The van der Waals surface area contributed by atoms with Gasteiger partial charge in [-0.15, -0.1) is 0 Å². The fourth-order valence-corrected chi connectivity index (χ4v) is 4.95. The number of halogens is 1. The average molecular weight is 466 g/mol. The molecule has 5 rings (SSSR count). The van der Waals surface area contributed by atoms with Gasteiger partial charge in [-0.25, -0.2) is 4.39 Å². The van der Waals surface area contributed by atoms with Crippen molar-refractivity contribution in [2.75, 3.05) is 39.4 Å². The van der Waals surface area contributed by atoms with Crippen molar-refractivity contribution < 1.29 is 18.7 Å². The van der Waals surface area contributed by atoms with Crippen LogP contribution >= 0.6 is 0 Å². The van der Waals surface area contributed by atoms with Crippen LogP contribution in [0.3, 0.4) is 0 Å².